The zero-order valence-corrected chi connectivity index (χ0v) is 14.6. The van der Waals surface area contributed by atoms with E-state index in [0.29, 0.717) is 16.1 Å². The molecule has 2 aromatic rings. The summed E-state index contributed by atoms with van der Waals surface area (Å²) in [4.78, 5) is 12.2. The molecule has 0 aliphatic heterocycles. The molecule has 0 aliphatic carbocycles. The van der Waals surface area contributed by atoms with Gasteiger partial charge in [-0.25, -0.2) is 4.79 Å². The Balaban J connectivity index is 2.23. The van der Waals surface area contributed by atoms with E-state index in [0.717, 1.165) is 11.3 Å². The van der Waals surface area contributed by atoms with Crippen molar-refractivity contribution in [3.05, 3.63) is 63.7 Å². The van der Waals surface area contributed by atoms with E-state index in [1.54, 1.807) is 18.2 Å². The summed E-state index contributed by atoms with van der Waals surface area (Å²) in [5.74, 6) is 0.389. The van der Waals surface area contributed by atoms with E-state index in [2.05, 4.69) is 6.07 Å². The predicted octanol–water partition coefficient (Wildman–Crippen LogP) is 5.10. The molecule has 0 radical (unpaired) electrons. The van der Waals surface area contributed by atoms with Crippen LogP contribution in [-0.2, 0) is 11.3 Å². The first-order valence-corrected chi connectivity index (χ1v) is 7.94. The lowest BCUT2D eigenvalue weighted by Gasteiger charge is -2.15. The largest absolute Gasteiger partial charge is 0.489 e. The Kier molecular flexibility index (Phi) is 5.67. The molecule has 0 saturated carbocycles. The van der Waals surface area contributed by atoms with Crippen molar-refractivity contribution in [3.8, 4) is 5.75 Å². The fraction of sp³-hybridized carbons (Fsp3) is 0.316. The van der Waals surface area contributed by atoms with Crippen LogP contribution in [0.3, 0.4) is 0 Å². The SMILES string of the molecule is Cc1ccc(OCc2c(Cl)cccc2C(=O)OC(C)C)c(C)c1. The first-order valence-electron chi connectivity index (χ1n) is 7.57. The standard InChI is InChI=1S/C19H21ClO3/c1-12(2)23-19(21)15-6-5-7-17(20)16(15)11-22-18-9-8-13(3)10-14(18)4/h5-10,12H,11H2,1-4H3. The van der Waals surface area contributed by atoms with Gasteiger partial charge >= 0.3 is 5.97 Å². The Morgan fingerprint density at radius 1 is 1.17 bits per heavy atom. The minimum atomic E-state index is -0.387. The van der Waals surface area contributed by atoms with Gasteiger partial charge in [-0.2, -0.15) is 0 Å². The summed E-state index contributed by atoms with van der Waals surface area (Å²) in [5, 5.41) is 0.493. The molecule has 0 heterocycles. The molecule has 0 atom stereocenters. The van der Waals surface area contributed by atoms with Gasteiger partial charge in [0.2, 0.25) is 0 Å². The molecule has 0 unspecified atom stereocenters. The number of halogens is 1. The summed E-state index contributed by atoms with van der Waals surface area (Å²) < 4.78 is 11.1. The van der Waals surface area contributed by atoms with Crippen LogP contribution in [0.1, 0.15) is 40.9 Å². The average Bonchev–Trinajstić information content (AvgIpc) is 2.46. The van der Waals surface area contributed by atoms with Crippen molar-refractivity contribution in [1.82, 2.24) is 0 Å². The predicted molar refractivity (Wildman–Crippen MR) is 92.3 cm³/mol. The summed E-state index contributed by atoms with van der Waals surface area (Å²) in [7, 11) is 0. The lowest BCUT2D eigenvalue weighted by atomic mass is 10.1. The van der Waals surface area contributed by atoms with E-state index < -0.39 is 0 Å². The molecule has 23 heavy (non-hydrogen) atoms. The van der Waals surface area contributed by atoms with Gasteiger partial charge in [0, 0.05) is 10.6 Å². The van der Waals surface area contributed by atoms with Crippen LogP contribution in [0.15, 0.2) is 36.4 Å². The van der Waals surface area contributed by atoms with E-state index in [1.807, 2.05) is 39.8 Å². The molecule has 0 bridgehead atoms. The first-order chi connectivity index (χ1) is 10.9. The highest BCUT2D eigenvalue weighted by atomic mass is 35.5. The maximum atomic E-state index is 12.2. The highest BCUT2D eigenvalue weighted by Gasteiger charge is 2.17. The molecule has 0 amide bonds. The van der Waals surface area contributed by atoms with Gasteiger partial charge in [-0.05, 0) is 51.5 Å². The number of benzene rings is 2. The molecule has 122 valence electrons. The van der Waals surface area contributed by atoms with Crippen molar-refractivity contribution in [2.45, 2.75) is 40.4 Å². The van der Waals surface area contributed by atoms with E-state index in [-0.39, 0.29) is 18.7 Å². The maximum Gasteiger partial charge on any atom is 0.338 e. The molecular formula is C19H21ClO3. The Bertz CT molecular complexity index is 708. The van der Waals surface area contributed by atoms with Crippen molar-refractivity contribution < 1.29 is 14.3 Å². The second kappa shape index (κ2) is 7.51. The van der Waals surface area contributed by atoms with Gasteiger partial charge in [-0.3, -0.25) is 0 Å². The number of carbonyl (C=O) groups is 1. The van der Waals surface area contributed by atoms with E-state index >= 15 is 0 Å². The molecule has 0 aliphatic rings. The zero-order chi connectivity index (χ0) is 17.0. The zero-order valence-electron chi connectivity index (χ0n) is 13.9. The quantitative estimate of drug-likeness (QED) is 0.714. The fourth-order valence-corrected chi connectivity index (χ4v) is 2.51. The van der Waals surface area contributed by atoms with Crippen molar-refractivity contribution in [1.29, 1.82) is 0 Å². The van der Waals surface area contributed by atoms with Gasteiger partial charge in [-0.15, -0.1) is 0 Å². The number of carbonyl (C=O) groups excluding carboxylic acids is 1. The number of esters is 1. The van der Waals surface area contributed by atoms with Crippen LogP contribution in [-0.4, -0.2) is 12.1 Å². The van der Waals surface area contributed by atoms with Crippen LogP contribution in [0.2, 0.25) is 5.02 Å². The van der Waals surface area contributed by atoms with Gasteiger partial charge in [-0.1, -0.05) is 35.4 Å². The van der Waals surface area contributed by atoms with Gasteiger partial charge in [0.05, 0.1) is 11.7 Å². The summed E-state index contributed by atoms with van der Waals surface area (Å²) in [6, 6.07) is 11.2. The number of hydrogen-bond donors (Lipinski definition) is 0. The average molecular weight is 333 g/mol. The number of hydrogen-bond acceptors (Lipinski definition) is 3. The van der Waals surface area contributed by atoms with Gasteiger partial charge in [0.1, 0.15) is 12.4 Å². The molecule has 0 spiro atoms. The minimum absolute atomic E-state index is 0.186. The third-order valence-electron chi connectivity index (χ3n) is 3.38. The van der Waals surface area contributed by atoms with Gasteiger partial charge < -0.3 is 9.47 Å². The molecular weight excluding hydrogens is 312 g/mol. The van der Waals surface area contributed by atoms with Crippen LogP contribution in [0.4, 0.5) is 0 Å². The molecule has 3 nitrogen and oxygen atoms in total. The molecule has 2 rings (SSSR count). The summed E-state index contributed by atoms with van der Waals surface area (Å²) in [6.45, 7) is 7.86. The highest BCUT2D eigenvalue weighted by molar-refractivity contribution is 6.31. The number of ether oxygens (including phenoxy) is 2. The van der Waals surface area contributed by atoms with Crippen molar-refractivity contribution in [3.63, 3.8) is 0 Å². The van der Waals surface area contributed by atoms with Crippen LogP contribution in [0.5, 0.6) is 5.75 Å². The van der Waals surface area contributed by atoms with Crippen LogP contribution in [0, 0.1) is 13.8 Å². The Labute approximate surface area is 142 Å². The minimum Gasteiger partial charge on any atom is -0.489 e. The van der Waals surface area contributed by atoms with Crippen molar-refractivity contribution in [2.75, 3.05) is 0 Å². The normalized spacial score (nSPS) is 10.7. The summed E-state index contributed by atoms with van der Waals surface area (Å²) in [5.41, 5.74) is 3.30. The van der Waals surface area contributed by atoms with E-state index in [1.165, 1.54) is 5.56 Å². The van der Waals surface area contributed by atoms with E-state index in [9.17, 15) is 4.79 Å². The summed E-state index contributed by atoms with van der Waals surface area (Å²) in [6.07, 6.45) is -0.186. The molecule has 0 aromatic heterocycles. The van der Waals surface area contributed by atoms with Gasteiger partial charge in [0.25, 0.3) is 0 Å². The lowest BCUT2D eigenvalue weighted by molar-refractivity contribution is 0.0375. The van der Waals surface area contributed by atoms with Gasteiger partial charge in [0.15, 0.2) is 0 Å². The number of aryl methyl sites for hydroxylation is 2. The van der Waals surface area contributed by atoms with Crippen molar-refractivity contribution in [2.24, 2.45) is 0 Å². The monoisotopic (exact) mass is 332 g/mol. The lowest BCUT2D eigenvalue weighted by Crippen LogP contribution is -2.14. The fourth-order valence-electron chi connectivity index (χ4n) is 2.29. The second-order valence-corrected chi connectivity index (χ2v) is 6.18. The van der Waals surface area contributed by atoms with Crippen LogP contribution < -0.4 is 4.74 Å². The Morgan fingerprint density at radius 3 is 2.57 bits per heavy atom. The third-order valence-corrected chi connectivity index (χ3v) is 3.74. The summed E-state index contributed by atoms with van der Waals surface area (Å²) >= 11 is 6.25. The highest BCUT2D eigenvalue weighted by Crippen LogP contribution is 2.25. The second-order valence-electron chi connectivity index (χ2n) is 5.78. The Hall–Kier alpha value is -2.00. The molecule has 0 saturated heterocycles. The Morgan fingerprint density at radius 2 is 1.91 bits per heavy atom. The van der Waals surface area contributed by atoms with Crippen LogP contribution >= 0.6 is 11.6 Å². The topological polar surface area (TPSA) is 35.5 Å². The maximum absolute atomic E-state index is 12.2. The smallest absolute Gasteiger partial charge is 0.338 e. The molecule has 4 heteroatoms. The first kappa shape index (κ1) is 17.4. The molecule has 0 N–H and O–H groups in total. The third kappa shape index (κ3) is 4.49. The molecule has 2 aromatic carbocycles. The number of rotatable bonds is 5. The van der Waals surface area contributed by atoms with E-state index in [4.69, 9.17) is 21.1 Å². The molecule has 0 fully saturated rings. The van der Waals surface area contributed by atoms with Crippen LogP contribution in [0.25, 0.3) is 0 Å². The van der Waals surface area contributed by atoms with Crippen molar-refractivity contribution >= 4 is 17.6 Å².